The summed E-state index contributed by atoms with van der Waals surface area (Å²) in [7, 11) is 1.33. The van der Waals surface area contributed by atoms with Gasteiger partial charge in [0.15, 0.2) is 6.04 Å². The average molecular weight is 275 g/mol. The third-order valence-electron chi connectivity index (χ3n) is 2.34. The SMILES string of the molecule is CCCCN(CC(N)=O)C(=O)NC(COC)C(=O)O. The predicted molar refractivity (Wildman–Crippen MR) is 67.5 cm³/mol. The van der Waals surface area contributed by atoms with Crippen molar-refractivity contribution in [1.82, 2.24) is 10.2 Å². The van der Waals surface area contributed by atoms with Gasteiger partial charge >= 0.3 is 12.0 Å². The van der Waals surface area contributed by atoms with Crippen LogP contribution >= 0.6 is 0 Å². The fourth-order valence-corrected chi connectivity index (χ4v) is 1.37. The molecule has 0 bridgehead atoms. The molecule has 0 rings (SSSR count). The number of hydrogen-bond acceptors (Lipinski definition) is 4. The number of urea groups is 1. The number of aliphatic carboxylic acids is 1. The zero-order valence-corrected chi connectivity index (χ0v) is 11.2. The highest BCUT2D eigenvalue weighted by Crippen LogP contribution is 1.97. The highest BCUT2D eigenvalue weighted by molar-refractivity contribution is 5.86. The molecule has 0 heterocycles. The third kappa shape index (κ3) is 7.24. The van der Waals surface area contributed by atoms with Gasteiger partial charge in [-0.15, -0.1) is 0 Å². The lowest BCUT2D eigenvalue weighted by molar-refractivity contribution is -0.140. The van der Waals surface area contributed by atoms with Crippen LogP contribution in [0.1, 0.15) is 19.8 Å². The van der Waals surface area contributed by atoms with E-state index >= 15 is 0 Å². The van der Waals surface area contributed by atoms with Crippen LogP contribution in [0.15, 0.2) is 0 Å². The molecule has 1 unspecified atom stereocenters. The summed E-state index contributed by atoms with van der Waals surface area (Å²) in [4.78, 5) is 34.8. The van der Waals surface area contributed by atoms with Crippen LogP contribution in [0.4, 0.5) is 4.79 Å². The second-order valence-corrected chi connectivity index (χ2v) is 4.04. The molecule has 0 aliphatic carbocycles. The van der Waals surface area contributed by atoms with Gasteiger partial charge in [0.25, 0.3) is 0 Å². The van der Waals surface area contributed by atoms with Gasteiger partial charge in [0.1, 0.15) is 6.54 Å². The molecule has 0 aromatic carbocycles. The van der Waals surface area contributed by atoms with Crippen molar-refractivity contribution in [3.05, 3.63) is 0 Å². The number of nitrogens with two attached hydrogens (primary N) is 1. The Bertz CT molecular complexity index is 321. The fourth-order valence-electron chi connectivity index (χ4n) is 1.37. The summed E-state index contributed by atoms with van der Waals surface area (Å²) in [5, 5.41) is 11.2. The van der Waals surface area contributed by atoms with Crippen LogP contribution < -0.4 is 11.1 Å². The summed E-state index contributed by atoms with van der Waals surface area (Å²) in [5.41, 5.74) is 5.05. The van der Waals surface area contributed by atoms with Crippen LogP contribution in [0.3, 0.4) is 0 Å². The summed E-state index contributed by atoms with van der Waals surface area (Å²) in [6.45, 7) is 1.88. The van der Waals surface area contributed by atoms with Crippen LogP contribution in [0, 0.1) is 0 Å². The zero-order chi connectivity index (χ0) is 14.8. The van der Waals surface area contributed by atoms with Crippen LogP contribution in [0.5, 0.6) is 0 Å². The molecule has 0 saturated carbocycles. The maximum atomic E-state index is 11.9. The Hall–Kier alpha value is -1.83. The number of hydrogen-bond donors (Lipinski definition) is 3. The summed E-state index contributed by atoms with van der Waals surface area (Å²) in [6.07, 6.45) is 1.53. The molecule has 3 amide bonds. The Kier molecular flexibility index (Phi) is 8.27. The normalized spacial score (nSPS) is 11.7. The van der Waals surface area contributed by atoms with E-state index in [1.165, 1.54) is 12.0 Å². The Morgan fingerprint density at radius 2 is 2.05 bits per heavy atom. The molecule has 0 aromatic rings. The van der Waals surface area contributed by atoms with Crippen LogP contribution in [0.2, 0.25) is 0 Å². The van der Waals surface area contributed by atoms with Crippen LogP contribution in [0.25, 0.3) is 0 Å². The number of carbonyl (C=O) groups excluding carboxylic acids is 2. The van der Waals surface area contributed by atoms with Crippen molar-refractivity contribution in [3.63, 3.8) is 0 Å². The quantitative estimate of drug-likeness (QED) is 0.518. The molecule has 0 aromatic heterocycles. The molecule has 0 fully saturated rings. The number of methoxy groups -OCH3 is 1. The minimum atomic E-state index is -1.20. The molecule has 8 heteroatoms. The Balaban J connectivity index is 4.58. The molecule has 19 heavy (non-hydrogen) atoms. The van der Waals surface area contributed by atoms with Crippen molar-refractivity contribution in [1.29, 1.82) is 0 Å². The molecule has 1 atom stereocenters. The number of carboxylic acids is 1. The van der Waals surface area contributed by atoms with E-state index in [1.54, 1.807) is 0 Å². The minimum Gasteiger partial charge on any atom is -0.480 e. The lowest BCUT2D eigenvalue weighted by Crippen LogP contribution is -2.51. The van der Waals surface area contributed by atoms with Gasteiger partial charge < -0.3 is 25.8 Å². The number of nitrogens with zero attached hydrogens (tertiary/aromatic N) is 1. The van der Waals surface area contributed by atoms with Gasteiger partial charge in [-0.05, 0) is 6.42 Å². The van der Waals surface area contributed by atoms with Gasteiger partial charge in [0.2, 0.25) is 5.91 Å². The van der Waals surface area contributed by atoms with Crippen LogP contribution in [-0.2, 0) is 14.3 Å². The van der Waals surface area contributed by atoms with E-state index in [9.17, 15) is 14.4 Å². The molecule has 0 aliphatic rings. The summed E-state index contributed by atoms with van der Waals surface area (Å²) in [6, 6.07) is -1.80. The standard InChI is InChI=1S/C11H21N3O5/c1-3-4-5-14(6-9(12)15)11(18)13-8(7-19-2)10(16)17/h8H,3-7H2,1-2H3,(H2,12,15)(H,13,18)(H,16,17). The number of rotatable bonds is 9. The van der Waals surface area contributed by atoms with Gasteiger partial charge in [-0.1, -0.05) is 13.3 Å². The molecule has 0 aliphatic heterocycles. The number of ether oxygens (including phenoxy) is 1. The largest absolute Gasteiger partial charge is 0.480 e. The first-order chi connectivity index (χ1) is 8.92. The minimum absolute atomic E-state index is 0.154. The molecular formula is C11H21N3O5. The second-order valence-electron chi connectivity index (χ2n) is 4.04. The van der Waals surface area contributed by atoms with Gasteiger partial charge in [-0.3, -0.25) is 4.79 Å². The number of unbranched alkanes of at least 4 members (excludes halogenated alkanes) is 1. The monoisotopic (exact) mass is 275 g/mol. The Labute approximate surface area is 111 Å². The number of carbonyl (C=O) groups is 3. The van der Waals surface area contributed by atoms with Crippen molar-refractivity contribution in [3.8, 4) is 0 Å². The van der Waals surface area contributed by atoms with Crippen molar-refractivity contribution < 1.29 is 24.2 Å². The van der Waals surface area contributed by atoms with E-state index in [1.807, 2.05) is 6.92 Å². The maximum absolute atomic E-state index is 11.9. The Morgan fingerprint density at radius 1 is 1.42 bits per heavy atom. The first-order valence-electron chi connectivity index (χ1n) is 5.97. The van der Waals surface area contributed by atoms with Gasteiger partial charge in [-0.2, -0.15) is 0 Å². The van der Waals surface area contributed by atoms with Crippen molar-refractivity contribution >= 4 is 17.9 Å². The zero-order valence-electron chi connectivity index (χ0n) is 11.2. The Morgan fingerprint density at radius 3 is 2.47 bits per heavy atom. The molecule has 4 N–H and O–H groups in total. The number of carboxylic acid groups (broad SMARTS) is 1. The summed E-state index contributed by atoms with van der Waals surface area (Å²) >= 11 is 0. The number of amides is 3. The average Bonchev–Trinajstić information content (AvgIpc) is 2.33. The van der Waals surface area contributed by atoms with E-state index in [-0.39, 0.29) is 13.2 Å². The summed E-state index contributed by atoms with van der Waals surface area (Å²) < 4.78 is 4.70. The van der Waals surface area contributed by atoms with Crippen molar-refractivity contribution in [2.24, 2.45) is 5.73 Å². The summed E-state index contributed by atoms with van der Waals surface area (Å²) in [5.74, 6) is -1.85. The third-order valence-corrected chi connectivity index (χ3v) is 2.34. The van der Waals surface area contributed by atoms with Gasteiger partial charge in [-0.25, -0.2) is 9.59 Å². The highest BCUT2D eigenvalue weighted by atomic mass is 16.5. The van der Waals surface area contributed by atoms with E-state index in [0.29, 0.717) is 13.0 Å². The topological polar surface area (TPSA) is 122 Å². The molecular weight excluding hydrogens is 254 g/mol. The van der Waals surface area contributed by atoms with Gasteiger partial charge in [0.05, 0.1) is 6.61 Å². The molecule has 0 spiro atoms. The van der Waals surface area contributed by atoms with E-state index in [4.69, 9.17) is 15.6 Å². The predicted octanol–water partition coefficient (Wildman–Crippen LogP) is -0.617. The van der Waals surface area contributed by atoms with E-state index in [0.717, 1.165) is 6.42 Å². The lowest BCUT2D eigenvalue weighted by atomic mass is 10.3. The van der Waals surface area contributed by atoms with Crippen molar-refractivity contribution in [2.75, 3.05) is 26.8 Å². The first kappa shape index (κ1) is 17.2. The van der Waals surface area contributed by atoms with Crippen LogP contribution in [-0.4, -0.2) is 60.8 Å². The number of nitrogens with one attached hydrogen (secondary N) is 1. The van der Waals surface area contributed by atoms with Gasteiger partial charge in [0, 0.05) is 13.7 Å². The first-order valence-corrected chi connectivity index (χ1v) is 5.97. The molecule has 8 nitrogen and oxygen atoms in total. The second kappa shape index (κ2) is 9.15. The highest BCUT2D eigenvalue weighted by Gasteiger charge is 2.23. The molecule has 0 radical (unpaired) electrons. The maximum Gasteiger partial charge on any atom is 0.328 e. The smallest absolute Gasteiger partial charge is 0.328 e. The van der Waals surface area contributed by atoms with Crippen molar-refractivity contribution in [2.45, 2.75) is 25.8 Å². The van der Waals surface area contributed by atoms with E-state index in [2.05, 4.69) is 5.32 Å². The lowest BCUT2D eigenvalue weighted by Gasteiger charge is -2.23. The number of primary amides is 1. The van der Waals surface area contributed by atoms with E-state index < -0.39 is 23.9 Å². The molecule has 0 saturated heterocycles. The fraction of sp³-hybridized carbons (Fsp3) is 0.727. The molecule has 110 valence electrons.